The summed E-state index contributed by atoms with van der Waals surface area (Å²) in [5.74, 6) is 1.06. The second kappa shape index (κ2) is 9.00. The summed E-state index contributed by atoms with van der Waals surface area (Å²) in [6.45, 7) is 2.06. The topological polar surface area (TPSA) is 42.0 Å². The number of amides is 1. The molecule has 0 saturated heterocycles. The minimum absolute atomic E-state index is 0.00163. The van der Waals surface area contributed by atoms with Crippen LogP contribution in [0.1, 0.15) is 44.1 Å². The van der Waals surface area contributed by atoms with Crippen LogP contribution in [0.3, 0.4) is 0 Å². The molecule has 29 heavy (non-hydrogen) atoms. The van der Waals surface area contributed by atoms with Crippen LogP contribution in [0, 0.1) is 15.4 Å². The summed E-state index contributed by atoms with van der Waals surface area (Å²) in [7, 11) is 0. The van der Waals surface area contributed by atoms with Crippen LogP contribution in [0.2, 0.25) is 5.02 Å². The number of hydrogen-bond donors (Lipinski definition) is 1. The van der Waals surface area contributed by atoms with Gasteiger partial charge >= 0.3 is 0 Å². The molecule has 1 aliphatic rings. The zero-order valence-electron chi connectivity index (χ0n) is 16.4. The third-order valence-corrected chi connectivity index (χ3v) is 7.10. The zero-order chi connectivity index (χ0) is 20.4. The molecule has 3 aromatic rings. The van der Waals surface area contributed by atoms with Crippen molar-refractivity contribution in [3.8, 4) is 0 Å². The van der Waals surface area contributed by atoms with Crippen molar-refractivity contribution in [2.75, 3.05) is 5.32 Å². The van der Waals surface area contributed by atoms with E-state index in [0.717, 1.165) is 36.9 Å². The number of anilines is 1. The molecule has 5 heteroatoms. The third-order valence-electron chi connectivity index (χ3n) is 6.18. The normalized spacial score (nSPS) is 20.4. The quantitative estimate of drug-likeness (QED) is 0.376. The molecule has 0 aliphatic heterocycles. The van der Waals surface area contributed by atoms with Gasteiger partial charge in [-0.05, 0) is 114 Å². The summed E-state index contributed by atoms with van der Waals surface area (Å²) < 4.78 is 1.24. The Morgan fingerprint density at radius 3 is 2.55 bits per heavy atom. The summed E-state index contributed by atoms with van der Waals surface area (Å²) >= 11 is 8.29. The van der Waals surface area contributed by atoms with Gasteiger partial charge in [0, 0.05) is 31.8 Å². The fourth-order valence-corrected chi connectivity index (χ4v) is 5.05. The highest BCUT2D eigenvalue weighted by molar-refractivity contribution is 14.1. The molecule has 0 spiro atoms. The monoisotopic (exact) mass is 518 g/mol. The molecular formula is C24H24ClIN2O. The van der Waals surface area contributed by atoms with Crippen LogP contribution in [0.4, 0.5) is 5.69 Å². The van der Waals surface area contributed by atoms with Gasteiger partial charge in [0.2, 0.25) is 5.91 Å². The molecule has 0 radical (unpaired) electrons. The Hall–Kier alpha value is -1.66. The van der Waals surface area contributed by atoms with E-state index < -0.39 is 0 Å². The van der Waals surface area contributed by atoms with Crippen LogP contribution in [0.15, 0.2) is 54.7 Å². The van der Waals surface area contributed by atoms with E-state index in [1.54, 1.807) is 12.1 Å². The first kappa shape index (κ1) is 20.6. The number of nitrogens with zero attached hydrogens (tertiary/aromatic N) is 1. The molecule has 150 valence electrons. The Morgan fingerprint density at radius 2 is 1.83 bits per heavy atom. The first-order valence-corrected chi connectivity index (χ1v) is 11.6. The molecule has 1 N–H and O–H groups in total. The van der Waals surface area contributed by atoms with Crippen molar-refractivity contribution in [3.05, 3.63) is 68.9 Å². The van der Waals surface area contributed by atoms with Gasteiger partial charge in [-0.25, -0.2) is 0 Å². The lowest BCUT2D eigenvalue weighted by molar-refractivity contribution is -0.121. The maximum atomic E-state index is 12.7. The molecule has 0 bridgehead atoms. The molecule has 1 aliphatic carbocycles. The molecule has 1 unspecified atom stereocenters. The maximum absolute atomic E-state index is 12.7. The largest absolute Gasteiger partial charge is 0.326 e. The zero-order valence-corrected chi connectivity index (χ0v) is 19.3. The van der Waals surface area contributed by atoms with Gasteiger partial charge < -0.3 is 5.32 Å². The van der Waals surface area contributed by atoms with Crippen LogP contribution in [-0.2, 0) is 4.79 Å². The summed E-state index contributed by atoms with van der Waals surface area (Å²) in [4.78, 5) is 17.2. The van der Waals surface area contributed by atoms with Crippen molar-refractivity contribution >= 4 is 56.7 Å². The third kappa shape index (κ3) is 4.75. The highest BCUT2D eigenvalue weighted by Crippen LogP contribution is 2.41. The minimum atomic E-state index is 0.00163. The summed E-state index contributed by atoms with van der Waals surface area (Å²) in [6, 6.07) is 15.9. The van der Waals surface area contributed by atoms with Crippen LogP contribution < -0.4 is 5.32 Å². The Morgan fingerprint density at radius 1 is 1.10 bits per heavy atom. The average Bonchev–Trinajstić information content (AvgIpc) is 2.74. The molecule has 4 rings (SSSR count). The Kier molecular flexibility index (Phi) is 6.40. The maximum Gasteiger partial charge on any atom is 0.227 e. The number of hydrogen-bond acceptors (Lipinski definition) is 2. The Labute approximate surface area is 190 Å². The van der Waals surface area contributed by atoms with Crippen molar-refractivity contribution in [3.63, 3.8) is 0 Å². The van der Waals surface area contributed by atoms with Gasteiger partial charge in [0.05, 0.1) is 5.52 Å². The lowest BCUT2D eigenvalue weighted by Gasteiger charge is -2.32. The van der Waals surface area contributed by atoms with Gasteiger partial charge in [0.25, 0.3) is 0 Å². The molecular weight excluding hydrogens is 495 g/mol. The van der Waals surface area contributed by atoms with Gasteiger partial charge in [0.1, 0.15) is 0 Å². The number of nitrogens with one attached hydrogen (secondary N) is 1. The second-order valence-corrected chi connectivity index (χ2v) is 9.64. The van der Waals surface area contributed by atoms with Gasteiger partial charge in [-0.3, -0.25) is 9.78 Å². The van der Waals surface area contributed by atoms with Crippen molar-refractivity contribution in [1.29, 1.82) is 0 Å². The lowest BCUT2D eigenvalue weighted by atomic mass is 9.73. The molecule has 3 nitrogen and oxygen atoms in total. The van der Waals surface area contributed by atoms with Crippen molar-refractivity contribution < 1.29 is 4.79 Å². The number of halogens is 2. The van der Waals surface area contributed by atoms with Crippen molar-refractivity contribution in [2.24, 2.45) is 11.8 Å². The van der Waals surface area contributed by atoms with E-state index >= 15 is 0 Å². The van der Waals surface area contributed by atoms with Gasteiger partial charge in [-0.1, -0.05) is 18.5 Å². The second-order valence-electron chi connectivity index (χ2n) is 7.96. The standard InChI is InChI=1S/C24H24ClIN2O/c1-15(24(29)28-20-9-6-18(25)7-10-20)16-2-4-17(5-3-16)21-12-13-27-23-11-8-19(26)14-22(21)23/h6-17H,2-5H2,1H3,(H,28,29)/t15?,16-,17+. The SMILES string of the molecule is CC(C(=O)Nc1ccc(Cl)cc1)[C@H]1CC[C@@H](c2ccnc3ccc(I)cc32)CC1. The number of carbonyl (C=O) groups excluding carboxylic acids is 1. The van der Waals surface area contributed by atoms with Gasteiger partial charge in [-0.2, -0.15) is 0 Å². The molecule has 1 heterocycles. The number of rotatable bonds is 4. The van der Waals surface area contributed by atoms with Crippen molar-refractivity contribution in [2.45, 2.75) is 38.5 Å². The van der Waals surface area contributed by atoms with E-state index in [4.69, 9.17) is 11.6 Å². The fraction of sp³-hybridized carbons (Fsp3) is 0.333. The number of fused-ring (bicyclic) bond motifs is 1. The number of pyridine rings is 1. The van der Waals surface area contributed by atoms with E-state index in [9.17, 15) is 4.79 Å². The summed E-state index contributed by atoms with van der Waals surface area (Å²) in [5.41, 5.74) is 3.28. The Bertz CT molecular complexity index is 1010. The van der Waals surface area contributed by atoms with E-state index in [0.29, 0.717) is 16.9 Å². The first-order chi connectivity index (χ1) is 14.0. The molecule has 1 fully saturated rings. The van der Waals surface area contributed by atoms with Crippen LogP contribution in [-0.4, -0.2) is 10.9 Å². The molecule has 1 saturated carbocycles. The number of benzene rings is 2. The number of aromatic nitrogens is 1. The van der Waals surface area contributed by atoms with Crippen LogP contribution in [0.5, 0.6) is 0 Å². The highest BCUT2D eigenvalue weighted by Gasteiger charge is 2.30. The van der Waals surface area contributed by atoms with Crippen LogP contribution >= 0.6 is 34.2 Å². The van der Waals surface area contributed by atoms with E-state index in [1.165, 1.54) is 14.5 Å². The Balaban J connectivity index is 1.41. The predicted octanol–water partition coefficient (Wildman–Crippen LogP) is 7.04. The fourth-order valence-electron chi connectivity index (χ4n) is 4.43. The van der Waals surface area contributed by atoms with Gasteiger partial charge in [-0.15, -0.1) is 0 Å². The summed E-state index contributed by atoms with van der Waals surface area (Å²) in [5, 5.41) is 4.98. The average molecular weight is 519 g/mol. The van der Waals surface area contributed by atoms with E-state index in [2.05, 4.69) is 64.1 Å². The lowest BCUT2D eigenvalue weighted by Crippen LogP contribution is -2.29. The predicted molar refractivity (Wildman–Crippen MR) is 128 cm³/mol. The minimum Gasteiger partial charge on any atom is -0.326 e. The van der Waals surface area contributed by atoms with Crippen molar-refractivity contribution in [1.82, 2.24) is 4.98 Å². The van der Waals surface area contributed by atoms with Gasteiger partial charge in [0.15, 0.2) is 0 Å². The molecule has 1 aromatic heterocycles. The highest BCUT2D eigenvalue weighted by atomic mass is 127. The molecule has 1 amide bonds. The van der Waals surface area contributed by atoms with Crippen LogP contribution in [0.25, 0.3) is 10.9 Å². The number of carbonyl (C=O) groups is 1. The van der Waals surface area contributed by atoms with E-state index in [1.807, 2.05) is 18.3 Å². The summed E-state index contributed by atoms with van der Waals surface area (Å²) in [6.07, 6.45) is 6.32. The molecule has 2 aromatic carbocycles. The molecule has 1 atom stereocenters. The smallest absolute Gasteiger partial charge is 0.227 e. The first-order valence-electron chi connectivity index (χ1n) is 10.1. The van der Waals surface area contributed by atoms with E-state index in [-0.39, 0.29) is 11.8 Å².